The molecule has 0 aliphatic heterocycles. The van der Waals surface area contributed by atoms with Gasteiger partial charge in [0.2, 0.25) is 0 Å². The molecule has 0 bridgehead atoms. The van der Waals surface area contributed by atoms with Gasteiger partial charge in [-0.1, -0.05) is 6.07 Å². The smallest absolute Gasteiger partial charge is 0.545 e. The van der Waals surface area contributed by atoms with Crippen molar-refractivity contribution in [2.45, 2.75) is 6.92 Å². The van der Waals surface area contributed by atoms with Crippen LogP contribution in [-0.2, 0) is 0 Å². The van der Waals surface area contributed by atoms with Crippen LogP contribution < -0.4 is 39.4 Å². The first-order chi connectivity index (χ1) is 6.16. The molecule has 1 aromatic carbocycles. The summed E-state index contributed by atoms with van der Waals surface area (Å²) in [7, 11) is 0. The minimum Gasteiger partial charge on any atom is -0.545 e. The molecule has 70 valence electrons. The number of benzene rings is 1. The van der Waals surface area contributed by atoms with Crippen LogP contribution >= 0.6 is 0 Å². The zero-order valence-corrected chi connectivity index (χ0v) is 10.1. The van der Waals surface area contributed by atoms with E-state index in [4.69, 9.17) is 4.74 Å². The Balaban J connectivity index is 0.00000169. The van der Waals surface area contributed by atoms with Gasteiger partial charge in [-0.05, 0) is 19.1 Å². The van der Waals surface area contributed by atoms with Gasteiger partial charge in [0, 0.05) is 5.56 Å². The number of rotatable bonds is 3. The quantitative estimate of drug-likeness (QED) is 0.538. The fraction of sp³-hybridized carbons (Fsp3) is 0.222. The normalized spacial score (nSPS) is 8.93. The van der Waals surface area contributed by atoms with Crippen LogP contribution in [0.1, 0.15) is 17.3 Å². The number of aromatic hydroxyl groups is 1. The first-order valence-corrected chi connectivity index (χ1v) is 3.83. The Hall–Kier alpha value is -0.710. The average molecular weight is 204 g/mol. The van der Waals surface area contributed by atoms with Crippen molar-refractivity contribution in [3.63, 3.8) is 0 Å². The third-order valence-corrected chi connectivity index (χ3v) is 1.52. The minimum atomic E-state index is -1.42. The Morgan fingerprint density at radius 2 is 2.21 bits per heavy atom. The SMILES string of the molecule is CCOc1cccc(C(=O)[O-])c1O.[Na+]. The molecule has 1 N–H and O–H groups in total. The van der Waals surface area contributed by atoms with Crippen LogP contribution in [0.5, 0.6) is 11.5 Å². The van der Waals surface area contributed by atoms with E-state index in [1.54, 1.807) is 6.92 Å². The predicted octanol–water partition coefficient (Wildman–Crippen LogP) is -2.84. The molecule has 14 heavy (non-hydrogen) atoms. The molecule has 0 saturated heterocycles. The van der Waals surface area contributed by atoms with E-state index < -0.39 is 5.97 Å². The van der Waals surface area contributed by atoms with Crippen LogP contribution in [0.2, 0.25) is 0 Å². The second-order valence-electron chi connectivity index (χ2n) is 2.37. The first kappa shape index (κ1) is 13.3. The molecular formula is C9H9NaO4. The molecule has 1 aromatic rings. The summed E-state index contributed by atoms with van der Waals surface area (Å²) >= 11 is 0. The van der Waals surface area contributed by atoms with E-state index >= 15 is 0 Å². The van der Waals surface area contributed by atoms with Crippen molar-refractivity contribution in [1.29, 1.82) is 0 Å². The molecule has 4 nitrogen and oxygen atoms in total. The molecule has 0 heterocycles. The van der Waals surface area contributed by atoms with E-state index in [1.807, 2.05) is 0 Å². The number of aromatic carboxylic acids is 1. The number of carboxylic acid groups (broad SMARTS) is 1. The summed E-state index contributed by atoms with van der Waals surface area (Å²) in [6.07, 6.45) is 0. The first-order valence-electron chi connectivity index (χ1n) is 3.83. The van der Waals surface area contributed by atoms with Gasteiger partial charge in [-0.15, -0.1) is 0 Å². The maximum atomic E-state index is 10.5. The van der Waals surface area contributed by atoms with Crippen molar-refractivity contribution in [3.8, 4) is 11.5 Å². The Labute approximate surface area is 104 Å². The zero-order valence-electron chi connectivity index (χ0n) is 8.11. The van der Waals surface area contributed by atoms with Crippen LogP contribution in [-0.4, -0.2) is 17.7 Å². The van der Waals surface area contributed by atoms with E-state index in [9.17, 15) is 15.0 Å². The molecule has 0 aromatic heterocycles. The van der Waals surface area contributed by atoms with E-state index in [-0.39, 0.29) is 46.6 Å². The van der Waals surface area contributed by atoms with Gasteiger partial charge in [0.05, 0.1) is 12.6 Å². The molecule has 0 aliphatic carbocycles. The van der Waals surface area contributed by atoms with Gasteiger partial charge in [0.15, 0.2) is 11.5 Å². The Bertz CT molecular complexity index is 325. The van der Waals surface area contributed by atoms with Gasteiger partial charge in [-0.2, -0.15) is 0 Å². The van der Waals surface area contributed by atoms with Gasteiger partial charge in [0.25, 0.3) is 0 Å². The third kappa shape index (κ3) is 2.90. The number of phenols is 1. The van der Waals surface area contributed by atoms with Crippen LogP contribution in [0.3, 0.4) is 0 Å². The number of ether oxygens (including phenoxy) is 1. The molecule has 0 fully saturated rings. The fourth-order valence-corrected chi connectivity index (χ4v) is 0.959. The number of para-hydroxylation sites is 1. The number of carboxylic acids is 1. The third-order valence-electron chi connectivity index (χ3n) is 1.52. The van der Waals surface area contributed by atoms with Crippen LogP contribution in [0.15, 0.2) is 18.2 Å². The van der Waals surface area contributed by atoms with Gasteiger partial charge >= 0.3 is 29.6 Å². The molecule has 0 amide bonds. The van der Waals surface area contributed by atoms with E-state index in [1.165, 1.54) is 18.2 Å². The maximum absolute atomic E-state index is 10.5. The Morgan fingerprint density at radius 3 is 2.71 bits per heavy atom. The monoisotopic (exact) mass is 204 g/mol. The van der Waals surface area contributed by atoms with Gasteiger partial charge in [-0.25, -0.2) is 0 Å². The number of hydrogen-bond donors (Lipinski definition) is 1. The molecular weight excluding hydrogens is 195 g/mol. The van der Waals surface area contributed by atoms with Gasteiger partial charge < -0.3 is 19.7 Å². The summed E-state index contributed by atoms with van der Waals surface area (Å²) in [4.78, 5) is 10.5. The van der Waals surface area contributed by atoms with Crippen molar-refractivity contribution in [3.05, 3.63) is 23.8 Å². The number of carbonyl (C=O) groups is 1. The Kier molecular flexibility index (Phi) is 5.60. The van der Waals surface area contributed by atoms with Crippen LogP contribution in [0, 0.1) is 0 Å². The van der Waals surface area contributed by atoms with Crippen LogP contribution in [0.4, 0.5) is 0 Å². The topological polar surface area (TPSA) is 69.6 Å². The summed E-state index contributed by atoms with van der Waals surface area (Å²) < 4.78 is 4.99. The van der Waals surface area contributed by atoms with Crippen molar-refractivity contribution in [2.75, 3.05) is 6.61 Å². The second-order valence-corrected chi connectivity index (χ2v) is 2.37. The van der Waals surface area contributed by atoms with E-state index in [0.29, 0.717) is 6.61 Å². The largest absolute Gasteiger partial charge is 1.00 e. The minimum absolute atomic E-state index is 0. The summed E-state index contributed by atoms with van der Waals surface area (Å²) in [6, 6.07) is 4.23. The van der Waals surface area contributed by atoms with Crippen molar-refractivity contribution >= 4 is 5.97 Å². The molecule has 0 aliphatic rings. The summed E-state index contributed by atoms with van der Waals surface area (Å²) in [5.41, 5.74) is -0.258. The summed E-state index contributed by atoms with van der Waals surface area (Å²) in [5, 5.41) is 19.8. The second kappa shape index (κ2) is 5.90. The zero-order chi connectivity index (χ0) is 9.84. The molecule has 0 atom stereocenters. The fourth-order valence-electron chi connectivity index (χ4n) is 0.959. The van der Waals surface area contributed by atoms with Gasteiger partial charge in [-0.3, -0.25) is 0 Å². The van der Waals surface area contributed by atoms with E-state index in [0.717, 1.165) is 0 Å². The van der Waals surface area contributed by atoms with Gasteiger partial charge in [0.1, 0.15) is 0 Å². The molecule has 0 unspecified atom stereocenters. The predicted molar refractivity (Wildman–Crippen MR) is 43.6 cm³/mol. The Morgan fingerprint density at radius 1 is 1.57 bits per heavy atom. The standard InChI is InChI=1S/C9H10O4.Na/c1-2-13-7-5-3-4-6(8(7)10)9(11)12;/h3-5,10H,2H2,1H3,(H,11,12);/q;+1/p-1. The number of hydrogen-bond acceptors (Lipinski definition) is 4. The van der Waals surface area contributed by atoms with Crippen molar-refractivity contribution < 1.29 is 49.3 Å². The molecule has 1 rings (SSSR count). The summed E-state index contributed by atoms with van der Waals surface area (Å²) in [6.45, 7) is 2.11. The van der Waals surface area contributed by atoms with Crippen LogP contribution in [0.25, 0.3) is 0 Å². The van der Waals surface area contributed by atoms with E-state index in [2.05, 4.69) is 0 Å². The molecule has 0 spiro atoms. The molecule has 0 radical (unpaired) electrons. The molecule has 0 saturated carbocycles. The summed E-state index contributed by atoms with van der Waals surface area (Å²) in [5.74, 6) is -1.65. The maximum Gasteiger partial charge on any atom is 1.00 e. The van der Waals surface area contributed by atoms with Crippen molar-refractivity contribution in [2.24, 2.45) is 0 Å². The average Bonchev–Trinajstić information content (AvgIpc) is 2.08. The number of carbonyl (C=O) groups excluding carboxylic acids is 1. The van der Waals surface area contributed by atoms with Crippen molar-refractivity contribution in [1.82, 2.24) is 0 Å². The molecule has 5 heteroatoms.